The van der Waals surface area contributed by atoms with Crippen molar-refractivity contribution in [2.45, 2.75) is 25.7 Å². The number of carbonyl (C=O) groups excluding carboxylic acids is 2. The van der Waals surface area contributed by atoms with Crippen molar-refractivity contribution in [3.05, 3.63) is 65.5 Å². The summed E-state index contributed by atoms with van der Waals surface area (Å²) in [4.78, 5) is 33.7. The molecule has 0 unspecified atom stereocenters. The minimum atomic E-state index is -0.308. The van der Waals surface area contributed by atoms with Crippen molar-refractivity contribution < 1.29 is 14.1 Å². The monoisotopic (exact) mass is 464 g/mol. The SMILES string of the molecule is O=C([C@H]1CC(=O)N(c2cccc(Cl)c2)C1)N1CCC(Cc2nc(-c3ccccc3)no2)CC1. The molecule has 5 rings (SSSR count). The number of halogens is 1. The molecule has 0 N–H and O–H groups in total. The Morgan fingerprint density at radius 3 is 2.64 bits per heavy atom. The van der Waals surface area contributed by atoms with Gasteiger partial charge in [0.15, 0.2) is 0 Å². The van der Waals surface area contributed by atoms with Crippen LogP contribution in [-0.2, 0) is 16.0 Å². The fraction of sp³-hybridized carbons (Fsp3) is 0.360. The van der Waals surface area contributed by atoms with Crippen LogP contribution in [-0.4, -0.2) is 46.5 Å². The number of nitrogens with zero attached hydrogens (tertiary/aromatic N) is 4. The van der Waals surface area contributed by atoms with Gasteiger partial charge in [-0.3, -0.25) is 9.59 Å². The summed E-state index contributed by atoms with van der Waals surface area (Å²) >= 11 is 6.07. The fourth-order valence-corrected chi connectivity index (χ4v) is 4.86. The first-order chi connectivity index (χ1) is 16.1. The third-order valence-electron chi connectivity index (χ3n) is 6.48. The summed E-state index contributed by atoms with van der Waals surface area (Å²) in [6.07, 6.45) is 2.72. The molecular weight excluding hydrogens is 440 g/mol. The first-order valence-corrected chi connectivity index (χ1v) is 11.7. The second kappa shape index (κ2) is 9.35. The number of benzene rings is 2. The maximum Gasteiger partial charge on any atom is 0.228 e. The van der Waals surface area contributed by atoms with E-state index in [2.05, 4.69) is 10.1 Å². The van der Waals surface area contributed by atoms with E-state index in [1.807, 2.05) is 47.4 Å². The number of amides is 2. The van der Waals surface area contributed by atoms with Crippen LogP contribution in [0.5, 0.6) is 0 Å². The van der Waals surface area contributed by atoms with Crippen LogP contribution < -0.4 is 4.90 Å². The zero-order chi connectivity index (χ0) is 22.8. The Morgan fingerprint density at radius 2 is 1.88 bits per heavy atom. The van der Waals surface area contributed by atoms with Gasteiger partial charge < -0.3 is 14.3 Å². The molecule has 0 spiro atoms. The third kappa shape index (κ3) is 4.78. The molecule has 0 aliphatic carbocycles. The highest BCUT2D eigenvalue weighted by molar-refractivity contribution is 6.31. The molecule has 2 aliphatic heterocycles. The van der Waals surface area contributed by atoms with Gasteiger partial charge in [0.25, 0.3) is 0 Å². The Bertz CT molecular complexity index is 1140. The van der Waals surface area contributed by atoms with E-state index < -0.39 is 0 Å². The van der Waals surface area contributed by atoms with Crippen LogP contribution in [0.1, 0.15) is 25.2 Å². The first kappa shape index (κ1) is 21.6. The van der Waals surface area contributed by atoms with E-state index in [4.69, 9.17) is 16.1 Å². The van der Waals surface area contributed by atoms with E-state index in [1.54, 1.807) is 17.0 Å². The molecule has 2 saturated heterocycles. The van der Waals surface area contributed by atoms with E-state index in [0.29, 0.717) is 48.7 Å². The van der Waals surface area contributed by atoms with Gasteiger partial charge in [0.05, 0.1) is 5.92 Å². The summed E-state index contributed by atoms with van der Waals surface area (Å²) in [6, 6.07) is 17.0. The minimum Gasteiger partial charge on any atom is -0.342 e. The zero-order valence-electron chi connectivity index (χ0n) is 18.2. The van der Waals surface area contributed by atoms with Gasteiger partial charge in [-0.25, -0.2) is 0 Å². The molecule has 0 bridgehead atoms. The second-order valence-corrected chi connectivity index (χ2v) is 9.17. The van der Waals surface area contributed by atoms with Crippen molar-refractivity contribution in [1.82, 2.24) is 15.0 Å². The molecule has 0 radical (unpaired) electrons. The van der Waals surface area contributed by atoms with Gasteiger partial charge >= 0.3 is 0 Å². The number of hydrogen-bond donors (Lipinski definition) is 0. The molecule has 7 nitrogen and oxygen atoms in total. The van der Waals surface area contributed by atoms with Gasteiger partial charge in [0, 0.05) is 48.7 Å². The average Bonchev–Trinajstić information content (AvgIpc) is 3.46. The lowest BCUT2D eigenvalue weighted by Gasteiger charge is -2.33. The molecule has 1 atom stereocenters. The molecule has 2 aliphatic rings. The van der Waals surface area contributed by atoms with Crippen LogP contribution in [0.4, 0.5) is 5.69 Å². The quantitative estimate of drug-likeness (QED) is 0.564. The highest BCUT2D eigenvalue weighted by Crippen LogP contribution is 2.30. The summed E-state index contributed by atoms with van der Waals surface area (Å²) < 4.78 is 5.46. The predicted octanol–water partition coefficient (Wildman–Crippen LogP) is 4.22. The molecule has 2 fully saturated rings. The molecule has 8 heteroatoms. The van der Waals surface area contributed by atoms with Gasteiger partial charge in [-0.15, -0.1) is 0 Å². The summed E-state index contributed by atoms with van der Waals surface area (Å²) in [6.45, 7) is 1.78. The lowest BCUT2D eigenvalue weighted by atomic mass is 9.92. The summed E-state index contributed by atoms with van der Waals surface area (Å²) in [5, 5.41) is 4.67. The average molecular weight is 465 g/mol. The van der Waals surface area contributed by atoms with Crippen molar-refractivity contribution in [2.24, 2.45) is 11.8 Å². The molecule has 1 aromatic heterocycles. The molecule has 2 amide bonds. The summed E-state index contributed by atoms with van der Waals surface area (Å²) in [5.74, 6) is 1.36. The van der Waals surface area contributed by atoms with Crippen LogP contribution in [0.25, 0.3) is 11.4 Å². The smallest absolute Gasteiger partial charge is 0.228 e. The molecule has 170 valence electrons. The Balaban J connectivity index is 1.14. The van der Waals surface area contributed by atoms with E-state index in [9.17, 15) is 9.59 Å². The Morgan fingerprint density at radius 1 is 1.09 bits per heavy atom. The largest absolute Gasteiger partial charge is 0.342 e. The molecule has 0 saturated carbocycles. The van der Waals surface area contributed by atoms with Gasteiger partial charge in [-0.2, -0.15) is 4.98 Å². The van der Waals surface area contributed by atoms with Gasteiger partial charge in [0.1, 0.15) is 0 Å². The highest BCUT2D eigenvalue weighted by atomic mass is 35.5. The van der Waals surface area contributed by atoms with Crippen LogP contribution in [0.3, 0.4) is 0 Å². The molecule has 2 aromatic carbocycles. The van der Waals surface area contributed by atoms with Gasteiger partial charge in [-0.1, -0.05) is 53.2 Å². The third-order valence-corrected chi connectivity index (χ3v) is 6.72. The zero-order valence-corrected chi connectivity index (χ0v) is 18.9. The van der Waals surface area contributed by atoms with E-state index in [1.165, 1.54) is 0 Å². The normalized spacial score (nSPS) is 19.3. The second-order valence-electron chi connectivity index (χ2n) is 8.74. The topological polar surface area (TPSA) is 79.5 Å². The number of piperidine rings is 1. The standard InChI is InChI=1S/C25H25ClN4O3/c26-20-7-4-8-21(15-20)30-16-19(14-23(30)31)25(32)29-11-9-17(10-12-29)13-22-27-24(28-33-22)18-5-2-1-3-6-18/h1-8,15,17,19H,9-14,16H2/t19-/m0/s1. The van der Waals surface area contributed by atoms with Crippen molar-refractivity contribution in [3.63, 3.8) is 0 Å². The van der Waals surface area contributed by atoms with E-state index in [0.717, 1.165) is 24.1 Å². The number of hydrogen-bond acceptors (Lipinski definition) is 5. The molecular formula is C25H25ClN4O3. The number of rotatable bonds is 5. The van der Waals surface area contributed by atoms with Gasteiger partial charge in [0.2, 0.25) is 23.5 Å². The van der Waals surface area contributed by atoms with Gasteiger partial charge in [-0.05, 0) is 37.0 Å². The van der Waals surface area contributed by atoms with E-state index in [-0.39, 0.29) is 24.2 Å². The summed E-state index contributed by atoms with van der Waals surface area (Å²) in [7, 11) is 0. The van der Waals surface area contributed by atoms with E-state index >= 15 is 0 Å². The van der Waals surface area contributed by atoms with Crippen LogP contribution in [0.15, 0.2) is 59.1 Å². The lowest BCUT2D eigenvalue weighted by Crippen LogP contribution is -2.42. The lowest BCUT2D eigenvalue weighted by molar-refractivity contribution is -0.137. The minimum absolute atomic E-state index is 0.0314. The number of anilines is 1. The van der Waals surface area contributed by atoms with Crippen LogP contribution >= 0.6 is 11.6 Å². The Hall–Kier alpha value is -3.19. The van der Waals surface area contributed by atoms with Crippen molar-refractivity contribution >= 4 is 29.1 Å². The molecule has 3 heterocycles. The van der Waals surface area contributed by atoms with Crippen molar-refractivity contribution in [2.75, 3.05) is 24.5 Å². The number of aromatic nitrogens is 2. The number of carbonyl (C=O) groups is 2. The predicted molar refractivity (Wildman–Crippen MR) is 125 cm³/mol. The molecule has 33 heavy (non-hydrogen) atoms. The maximum absolute atomic E-state index is 13.1. The number of likely N-dealkylation sites (tertiary alicyclic amines) is 1. The first-order valence-electron chi connectivity index (χ1n) is 11.3. The molecule has 3 aromatic rings. The summed E-state index contributed by atoms with van der Waals surface area (Å²) in [5.41, 5.74) is 1.68. The van der Waals surface area contributed by atoms with Crippen LogP contribution in [0.2, 0.25) is 5.02 Å². The van der Waals surface area contributed by atoms with Crippen LogP contribution in [0, 0.1) is 11.8 Å². The highest BCUT2D eigenvalue weighted by Gasteiger charge is 2.38. The van der Waals surface area contributed by atoms with Crippen molar-refractivity contribution in [1.29, 1.82) is 0 Å². The Labute approximate surface area is 197 Å². The fourth-order valence-electron chi connectivity index (χ4n) is 4.67. The van der Waals surface area contributed by atoms with Crippen molar-refractivity contribution in [3.8, 4) is 11.4 Å². The maximum atomic E-state index is 13.1. The Kier molecular flexibility index (Phi) is 6.13.